The number of para-hydroxylation sites is 1. The van der Waals surface area contributed by atoms with Crippen molar-refractivity contribution >= 4 is 21.5 Å². The first-order chi connectivity index (χ1) is 15.0. The summed E-state index contributed by atoms with van der Waals surface area (Å²) in [5.41, 5.74) is 1.97. The first kappa shape index (κ1) is 20.2. The second-order valence-corrected chi connectivity index (χ2v) is 10.7. The third-order valence-corrected chi connectivity index (χ3v) is 8.98. The lowest BCUT2D eigenvalue weighted by Crippen LogP contribution is -2.50. The number of aromatic nitrogens is 2. The van der Waals surface area contributed by atoms with E-state index in [-0.39, 0.29) is 23.4 Å². The van der Waals surface area contributed by atoms with Gasteiger partial charge >= 0.3 is 0 Å². The van der Waals surface area contributed by atoms with Crippen molar-refractivity contribution in [1.82, 2.24) is 14.3 Å². The molecule has 3 heterocycles. The number of fused-ring (bicyclic) bond motifs is 2. The van der Waals surface area contributed by atoms with Gasteiger partial charge in [-0.2, -0.15) is 9.57 Å². The van der Waals surface area contributed by atoms with Crippen LogP contribution in [-0.4, -0.2) is 46.1 Å². The highest BCUT2D eigenvalue weighted by atomic mass is 32.2. The van der Waals surface area contributed by atoms with Gasteiger partial charge in [-0.3, -0.25) is 0 Å². The summed E-state index contributed by atoms with van der Waals surface area (Å²) < 4.78 is 33.7. The molecule has 2 aliphatic heterocycles. The van der Waals surface area contributed by atoms with E-state index >= 15 is 0 Å². The molecule has 3 aliphatic rings. The van der Waals surface area contributed by atoms with Crippen LogP contribution in [0.2, 0.25) is 0 Å². The van der Waals surface area contributed by atoms with E-state index in [0.717, 1.165) is 31.2 Å². The molecule has 0 amide bonds. The normalized spacial score (nSPS) is 25.7. The molecule has 3 atom stereocenters. The lowest BCUT2D eigenvalue weighted by atomic mass is 10.0. The fourth-order valence-electron chi connectivity index (χ4n) is 4.79. The Morgan fingerprint density at radius 2 is 1.84 bits per heavy atom. The number of benzene rings is 1. The second-order valence-electron chi connectivity index (χ2n) is 8.61. The van der Waals surface area contributed by atoms with Gasteiger partial charge in [0.2, 0.25) is 15.9 Å². The molecule has 1 aromatic heterocycles. The van der Waals surface area contributed by atoms with Crippen LogP contribution in [0.15, 0.2) is 30.6 Å². The van der Waals surface area contributed by atoms with E-state index < -0.39 is 10.0 Å². The van der Waals surface area contributed by atoms with Gasteiger partial charge in [-0.1, -0.05) is 12.1 Å². The minimum Gasteiger partial charge on any atom is -0.474 e. The number of rotatable bonds is 6. The molecule has 31 heavy (non-hydrogen) atoms. The molecule has 162 valence electrons. The van der Waals surface area contributed by atoms with E-state index in [1.165, 1.54) is 6.33 Å². The van der Waals surface area contributed by atoms with Crippen molar-refractivity contribution in [2.75, 3.05) is 5.32 Å². The van der Waals surface area contributed by atoms with Gasteiger partial charge in [0.05, 0.1) is 22.1 Å². The van der Waals surface area contributed by atoms with E-state index in [1.807, 2.05) is 25.1 Å². The molecule has 1 unspecified atom stereocenters. The molecular weight excluding hydrogens is 414 g/mol. The number of nitriles is 1. The summed E-state index contributed by atoms with van der Waals surface area (Å²) in [5, 5.41) is 12.4. The zero-order chi connectivity index (χ0) is 21.6. The molecule has 0 radical (unpaired) electrons. The van der Waals surface area contributed by atoms with Crippen molar-refractivity contribution in [3.05, 3.63) is 41.7 Å². The van der Waals surface area contributed by atoms with Crippen molar-refractivity contribution in [3.8, 4) is 11.9 Å². The summed E-state index contributed by atoms with van der Waals surface area (Å²) in [7, 11) is -3.16. The molecule has 9 heteroatoms. The smallest absolute Gasteiger partial charge is 0.221 e. The molecule has 1 aromatic carbocycles. The van der Waals surface area contributed by atoms with Crippen molar-refractivity contribution in [1.29, 1.82) is 5.26 Å². The average Bonchev–Trinajstić information content (AvgIpc) is 3.57. The Balaban J connectivity index is 1.32. The number of sulfonamides is 1. The Bertz CT molecular complexity index is 1130. The monoisotopic (exact) mass is 439 g/mol. The molecule has 1 N–H and O–H groups in total. The van der Waals surface area contributed by atoms with Crippen LogP contribution in [0.25, 0.3) is 0 Å². The number of ether oxygens (including phenoxy) is 1. The van der Waals surface area contributed by atoms with Gasteiger partial charge in [0.25, 0.3) is 0 Å². The molecule has 3 fully saturated rings. The second kappa shape index (κ2) is 7.77. The SMILES string of the molecule is Cc1c(Nc2ccccc2C#N)ncnc1OC1C[C@H]2CC[C@@H](C1)N2S(=O)(=O)C1CC1. The highest BCUT2D eigenvalue weighted by Crippen LogP contribution is 2.43. The molecule has 1 saturated carbocycles. The maximum Gasteiger partial charge on any atom is 0.221 e. The van der Waals surface area contributed by atoms with Gasteiger partial charge in [-0.15, -0.1) is 0 Å². The number of nitrogens with zero attached hydrogens (tertiary/aromatic N) is 4. The molecule has 8 nitrogen and oxygen atoms in total. The Hall–Kier alpha value is -2.70. The van der Waals surface area contributed by atoms with Crippen LogP contribution in [0.3, 0.4) is 0 Å². The van der Waals surface area contributed by atoms with E-state index in [9.17, 15) is 13.7 Å². The maximum atomic E-state index is 12.8. The van der Waals surface area contributed by atoms with E-state index in [2.05, 4.69) is 21.4 Å². The molecule has 2 bridgehead atoms. The summed E-state index contributed by atoms with van der Waals surface area (Å²) in [6.45, 7) is 1.88. The van der Waals surface area contributed by atoms with Gasteiger partial charge in [-0.25, -0.2) is 18.4 Å². The van der Waals surface area contributed by atoms with Gasteiger partial charge in [0, 0.05) is 24.9 Å². The standard InChI is InChI=1S/C22H25N5O3S/c1-14-21(26-20-5-3-2-4-15(20)12-23)24-13-25-22(14)30-18-10-16-6-7-17(11-18)27(16)31(28,29)19-8-9-19/h2-5,13,16-19H,6-11H2,1H3,(H,24,25,26)/t16-,17+,18?. The van der Waals surface area contributed by atoms with Gasteiger partial charge in [-0.05, 0) is 44.7 Å². The lowest BCUT2D eigenvalue weighted by Gasteiger charge is -2.37. The van der Waals surface area contributed by atoms with Gasteiger partial charge in [0.1, 0.15) is 24.3 Å². The number of nitrogens with one attached hydrogen (secondary N) is 1. The van der Waals surface area contributed by atoms with Gasteiger partial charge in [0.15, 0.2) is 0 Å². The predicted octanol–water partition coefficient (Wildman–Crippen LogP) is 3.27. The minimum absolute atomic E-state index is 0.0246. The molecule has 2 aromatic rings. The molecule has 5 rings (SSSR count). The topological polar surface area (TPSA) is 108 Å². The highest BCUT2D eigenvalue weighted by Gasteiger charge is 2.52. The Kier molecular flexibility index (Phi) is 5.07. The number of piperidine rings is 1. The predicted molar refractivity (Wildman–Crippen MR) is 115 cm³/mol. The highest BCUT2D eigenvalue weighted by molar-refractivity contribution is 7.90. The minimum atomic E-state index is -3.16. The van der Waals surface area contributed by atoms with Crippen molar-refractivity contribution < 1.29 is 13.2 Å². The van der Waals surface area contributed by atoms with Crippen LogP contribution in [0.1, 0.15) is 49.7 Å². The third-order valence-electron chi connectivity index (χ3n) is 6.48. The van der Waals surface area contributed by atoms with Crippen molar-refractivity contribution in [2.45, 2.75) is 68.9 Å². The van der Waals surface area contributed by atoms with Crippen LogP contribution < -0.4 is 10.1 Å². The fourth-order valence-corrected chi connectivity index (χ4v) is 7.08. The summed E-state index contributed by atoms with van der Waals surface area (Å²) in [5.74, 6) is 1.08. The van der Waals surface area contributed by atoms with Crippen LogP contribution >= 0.6 is 0 Å². The quantitative estimate of drug-likeness (QED) is 0.736. The zero-order valence-corrected chi connectivity index (χ0v) is 18.2. The Labute approximate surface area is 182 Å². The summed E-state index contributed by atoms with van der Waals surface area (Å²) in [6, 6.07) is 9.46. The van der Waals surface area contributed by atoms with Crippen molar-refractivity contribution in [2.24, 2.45) is 0 Å². The summed E-state index contributed by atoms with van der Waals surface area (Å²) >= 11 is 0. The average molecular weight is 440 g/mol. The fraction of sp³-hybridized carbons (Fsp3) is 0.500. The lowest BCUT2D eigenvalue weighted by molar-refractivity contribution is 0.0910. The molecule has 2 saturated heterocycles. The maximum absolute atomic E-state index is 12.8. The summed E-state index contributed by atoms with van der Waals surface area (Å²) in [6.07, 6.45) is 6.13. The van der Waals surface area contributed by atoms with E-state index in [4.69, 9.17) is 4.74 Å². The largest absolute Gasteiger partial charge is 0.474 e. The summed E-state index contributed by atoms with van der Waals surface area (Å²) in [4.78, 5) is 8.64. The number of hydrogen-bond donors (Lipinski definition) is 1. The van der Waals surface area contributed by atoms with Crippen LogP contribution in [0.4, 0.5) is 11.5 Å². The van der Waals surface area contributed by atoms with E-state index in [1.54, 1.807) is 10.4 Å². The number of anilines is 2. The van der Waals surface area contributed by atoms with Crippen molar-refractivity contribution in [3.63, 3.8) is 0 Å². The van der Waals surface area contributed by atoms with Crippen LogP contribution in [0.5, 0.6) is 5.88 Å². The zero-order valence-electron chi connectivity index (χ0n) is 17.4. The third kappa shape index (κ3) is 3.75. The Morgan fingerprint density at radius 1 is 1.13 bits per heavy atom. The number of hydrogen-bond acceptors (Lipinski definition) is 7. The molecule has 0 spiro atoms. The van der Waals surface area contributed by atoms with Gasteiger partial charge < -0.3 is 10.1 Å². The van der Waals surface area contributed by atoms with Crippen LogP contribution in [-0.2, 0) is 10.0 Å². The first-order valence-electron chi connectivity index (χ1n) is 10.7. The molecular formula is C22H25N5O3S. The molecule has 1 aliphatic carbocycles. The Morgan fingerprint density at radius 3 is 2.52 bits per heavy atom. The first-order valence-corrected chi connectivity index (χ1v) is 12.2. The van der Waals surface area contributed by atoms with Crippen LogP contribution in [0, 0.1) is 18.3 Å². The van der Waals surface area contributed by atoms with E-state index in [0.29, 0.717) is 35.8 Å².